The van der Waals surface area contributed by atoms with Crippen LogP contribution in [0.15, 0.2) is 42.6 Å². The first-order chi connectivity index (χ1) is 9.20. The number of ether oxygens (including phenoxy) is 1. The monoisotopic (exact) mass is 274 g/mol. The first kappa shape index (κ1) is 11.8. The Bertz CT molecular complexity index is 725. The third kappa shape index (κ3) is 2.61. The van der Waals surface area contributed by atoms with Crippen LogP contribution in [0.5, 0.6) is 5.75 Å². The molecule has 0 saturated heterocycles. The van der Waals surface area contributed by atoms with Crippen molar-refractivity contribution >= 4 is 22.9 Å². The van der Waals surface area contributed by atoms with Crippen LogP contribution in [-0.2, 0) is 6.61 Å². The molecule has 5 nitrogen and oxygen atoms in total. The second-order valence-electron chi connectivity index (χ2n) is 4.04. The highest BCUT2D eigenvalue weighted by Crippen LogP contribution is 2.18. The Morgan fingerprint density at radius 1 is 1.26 bits per heavy atom. The van der Waals surface area contributed by atoms with Crippen LogP contribution in [0.2, 0.25) is 5.02 Å². The minimum atomic E-state index is 0.280. The van der Waals surface area contributed by atoms with E-state index in [0.717, 1.165) is 0 Å². The molecule has 0 spiro atoms. The zero-order valence-corrected chi connectivity index (χ0v) is 10.7. The van der Waals surface area contributed by atoms with Gasteiger partial charge >= 0.3 is 0 Å². The molecule has 0 radical (unpaired) electrons. The number of nitrogens with zero attached hydrogens (tertiary/aromatic N) is 3. The van der Waals surface area contributed by atoms with Crippen molar-refractivity contribution in [3.63, 3.8) is 0 Å². The number of fused-ring (bicyclic) bond motifs is 1. The summed E-state index contributed by atoms with van der Waals surface area (Å²) in [6, 6.07) is 10.7. The maximum Gasteiger partial charge on any atom is 0.189 e. The lowest BCUT2D eigenvalue weighted by atomic mass is 10.3. The Hall–Kier alpha value is -2.27. The van der Waals surface area contributed by atoms with Crippen LogP contribution in [0.25, 0.3) is 5.65 Å². The van der Waals surface area contributed by atoms with Crippen molar-refractivity contribution < 1.29 is 4.74 Å². The summed E-state index contributed by atoms with van der Waals surface area (Å²) < 4.78 is 7.24. The molecule has 0 amide bonds. The van der Waals surface area contributed by atoms with E-state index in [1.807, 2.05) is 12.1 Å². The number of hydrogen-bond donors (Lipinski definition) is 1. The van der Waals surface area contributed by atoms with Gasteiger partial charge in [0.2, 0.25) is 0 Å². The lowest BCUT2D eigenvalue weighted by Gasteiger charge is -2.02. The second kappa shape index (κ2) is 4.78. The summed E-state index contributed by atoms with van der Waals surface area (Å²) in [6.45, 7) is 0.280. The molecule has 0 aliphatic heterocycles. The number of aromatic nitrogens is 3. The van der Waals surface area contributed by atoms with Crippen molar-refractivity contribution in [1.82, 2.24) is 14.6 Å². The van der Waals surface area contributed by atoms with Gasteiger partial charge in [0.1, 0.15) is 12.4 Å². The predicted octanol–water partition coefficient (Wildman–Crippen LogP) is 2.54. The highest BCUT2D eigenvalue weighted by atomic mass is 35.5. The molecule has 2 aromatic heterocycles. The van der Waals surface area contributed by atoms with Crippen molar-refractivity contribution in [2.24, 2.45) is 0 Å². The molecule has 2 heterocycles. The minimum Gasteiger partial charge on any atom is -0.485 e. The Morgan fingerprint density at radius 3 is 3.00 bits per heavy atom. The largest absolute Gasteiger partial charge is 0.485 e. The summed E-state index contributed by atoms with van der Waals surface area (Å²) in [5.74, 6) is 1.27. The normalized spacial score (nSPS) is 10.8. The van der Waals surface area contributed by atoms with Gasteiger partial charge in [-0.15, -0.1) is 5.10 Å². The van der Waals surface area contributed by atoms with Crippen molar-refractivity contribution in [2.75, 3.05) is 5.73 Å². The molecule has 3 aromatic rings. The molecule has 0 aliphatic carbocycles. The van der Waals surface area contributed by atoms with E-state index in [2.05, 4.69) is 10.1 Å². The predicted molar refractivity (Wildman–Crippen MR) is 73.2 cm³/mol. The molecule has 96 valence electrons. The van der Waals surface area contributed by atoms with Crippen LogP contribution in [-0.4, -0.2) is 14.6 Å². The molecule has 0 saturated carbocycles. The molecule has 0 atom stereocenters. The Balaban J connectivity index is 1.78. The molecule has 0 aliphatic rings. The lowest BCUT2D eigenvalue weighted by molar-refractivity contribution is 0.296. The standard InChI is InChI=1S/C13H11ClN4O/c14-9-2-1-3-11(6-9)19-8-12-16-13-7-10(15)4-5-18(13)17-12/h1-7H,8,15H2. The number of halogens is 1. The van der Waals surface area contributed by atoms with E-state index in [-0.39, 0.29) is 6.61 Å². The fourth-order valence-electron chi connectivity index (χ4n) is 1.71. The van der Waals surface area contributed by atoms with E-state index in [0.29, 0.717) is 27.9 Å². The van der Waals surface area contributed by atoms with Gasteiger partial charge in [-0.3, -0.25) is 0 Å². The van der Waals surface area contributed by atoms with E-state index in [9.17, 15) is 0 Å². The average molecular weight is 275 g/mol. The van der Waals surface area contributed by atoms with Crippen molar-refractivity contribution in [3.05, 3.63) is 53.4 Å². The Kier molecular flexibility index (Phi) is 2.97. The summed E-state index contributed by atoms with van der Waals surface area (Å²) in [4.78, 5) is 4.32. The first-order valence-electron chi connectivity index (χ1n) is 5.70. The van der Waals surface area contributed by atoms with Crippen molar-refractivity contribution in [2.45, 2.75) is 6.61 Å². The third-order valence-corrected chi connectivity index (χ3v) is 2.80. The smallest absolute Gasteiger partial charge is 0.189 e. The summed E-state index contributed by atoms with van der Waals surface area (Å²) in [6.07, 6.45) is 1.76. The Labute approximate surface area is 114 Å². The summed E-state index contributed by atoms with van der Waals surface area (Å²) in [5, 5.41) is 4.92. The van der Waals surface area contributed by atoms with Gasteiger partial charge in [0.05, 0.1) is 0 Å². The molecule has 0 fully saturated rings. The fraction of sp³-hybridized carbons (Fsp3) is 0.0769. The highest BCUT2D eigenvalue weighted by Gasteiger charge is 2.05. The molecule has 1 aromatic carbocycles. The zero-order valence-electron chi connectivity index (χ0n) is 9.95. The van der Waals surface area contributed by atoms with Gasteiger partial charge in [-0.25, -0.2) is 9.50 Å². The fourth-order valence-corrected chi connectivity index (χ4v) is 1.89. The van der Waals surface area contributed by atoms with E-state index in [1.54, 1.807) is 35.0 Å². The number of nitrogen functional groups attached to an aromatic ring is 1. The van der Waals surface area contributed by atoms with Gasteiger partial charge < -0.3 is 10.5 Å². The van der Waals surface area contributed by atoms with Gasteiger partial charge in [-0.05, 0) is 24.3 Å². The van der Waals surface area contributed by atoms with E-state index >= 15 is 0 Å². The maximum atomic E-state index is 5.88. The van der Waals surface area contributed by atoms with Crippen LogP contribution in [0.4, 0.5) is 5.69 Å². The van der Waals surface area contributed by atoms with Crippen molar-refractivity contribution in [1.29, 1.82) is 0 Å². The Morgan fingerprint density at radius 2 is 2.16 bits per heavy atom. The molecular formula is C13H11ClN4O. The van der Waals surface area contributed by atoms with E-state index in [1.165, 1.54) is 0 Å². The summed E-state index contributed by atoms with van der Waals surface area (Å²) in [5.41, 5.74) is 7.04. The summed E-state index contributed by atoms with van der Waals surface area (Å²) in [7, 11) is 0. The second-order valence-corrected chi connectivity index (χ2v) is 4.47. The molecule has 3 rings (SSSR count). The number of anilines is 1. The zero-order chi connectivity index (χ0) is 13.2. The van der Waals surface area contributed by atoms with Crippen LogP contribution >= 0.6 is 11.6 Å². The van der Waals surface area contributed by atoms with Gasteiger partial charge in [-0.1, -0.05) is 17.7 Å². The molecule has 6 heteroatoms. The van der Waals surface area contributed by atoms with Crippen LogP contribution < -0.4 is 10.5 Å². The van der Waals surface area contributed by atoms with Crippen LogP contribution in [0, 0.1) is 0 Å². The summed E-state index contributed by atoms with van der Waals surface area (Å²) >= 11 is 5.88. The average Bonchev–Trinajstić information content (AvgIpc) is 2.78. The molecule has 19 heavy (non-hydrogen) atoms. The quantitative estimate of drug-likeness (QED) is 0.797. The minimum absolute atomic E-state index is 0.280. The number of nitrogens with two attached hydrogens (primary N) is 1. The van der Waals surface area contributed by atoms with Crippen LogP contribution in [0.3, 0.4) is 0 Å². The van der Waals surface area contributed by atoms with E-state index < -0.39 is 0 Å². The van der Waals surface area contributed by atoms with Crippen molar-refractivity contribution in [3.8, 4) is 5.75 Å². The number of pyridine rings is 1. The van der Waals surface area contributed by atoms with Gasteiger partial charge in [0.25, 0.3) is 0 Å². The molecule has 2 N–H and O–H groups in total. The lowest BCUT2D eigenvalue weighted by Crippen LogP contribution is -1.98. The van der Waals surface area contributed by atoms with Gasteiger partial charge in [0.15, 0.2) is 11.5 Å². The first-order valence-corrected chi connectivity index (χ1v) is 6.08. The topological polar surface area (TPSA) is 65.4 Å². The van der Waals surface area contributed by atoms with Gasteiger partial charge in [0, 0.05) is 23.0 Å². The van der Waals surface area contributed by atoms with Gasteiger partial charge in [-0.2, -0.15) is 0 Å². The maximum absolute atomic E-state index is 5.88. The SMILES string of the molecule is Nc1ccn2nc(COc3cccc(Cl)c3)nc2c1. The molecule has 0 bridgehead atoms. The van der Waals surface area contributed by atoms with E-state index in [4.69, 9.17) is 22.1 Å². The number of rotatable bonds is 3. The number of hydrogen-bond acceptors (Lipinski definition) is 4. The third-order valence-electron chi connectivity index (χ3n) is 2.57. The molecular weight excluding hydrogens is 264 g/mol. The number of benzene rings is 1. The molecule has 0 unspecified atom stereocenters. The van der Waals surface area contributed by atoms with Crippen LogP contribution in [0.1, 0.15) is 5.82 Å². The highest BCUT2D eigenvalue weighted by molar-refractivity contribution is 6.30.